The van der Waals surface area contributed by atoms with Crippen molar-refractivity contribution in [1.82, 2.24) is 0 Å². The minimum absolute atomic E-state index is 0.0585. The number of rotatable bonds is 3. The van der Waals surface area contributed by atoms with Crippen LogP contribution in [0.1, 0.15) is 37.5 Å². The lowest BCUT2D eigenvalue weighted by Gasteiger charge is -2.24. The SMILES string of the molecule is COc1c(C)c([N+](=O)[O-])c(C)c([N+](=O)[O-])c1C(C)(C)C. The van der Waals surface area contributed by atoms with Gasteiger partial charge in [0, 0.05) is 0 Å². The van der Waals surface area contributed by atoms with Crippen LogP contribution in [-0.4, -0.2) is 17.0 Å². The molecule has 7 nitrogen and oxygen atoms in total. The first-order chi connectivity index (χ1) is 9.03. The third kappa shape index (κ3) is 2.43. The minimum atomic E-state index is -0.605. The molecule has 0 saturated carbocycles. The number of nitro benzene ring substituents is 2. The third-order valence-electron chi connectivity index (χ3n) is 3.19. The van der Waals surface area contributed by atoms with E-state index in [0.29, 0.717) is 11.1 Å². The fourth-order valence-corrected chi connectivity index (χ4v) is 2.44. The zero-order chi connectivity index (χ0) is 15.8. The van der Waals surface area contributed by atoms with Crippen molar-refractivity contribution >= 4 is 11.4 Å². The van der Waals surface area contributed by atoms with Crippen molar-refractivity contribution in [2.45, 2.75) is 40.0 Å². The van der Waals surface area contributed by atoms with E-state index in [2.05, 4.69) is 0 Å². The molecular formula is C13H18N2O5. The maximum atomic E-state index is 11.4. The van der Waals surface area contributed by atoms with Crippen molar-refractivity contribution in [2.75, 3.05) is 7.11 Å². The van der Waals surface area contributed by atoms with E-state index in [9.17, 15) is 20.2 Å². The summed E-state index contributed by atoms with van der Waals surface area (Å²) in [4.78, 5) is 21.4. The molecule has 0 radical (unpaired) electrons. The van der Waals surface area contributed by atoms with Gasteiger partial charge in [0.1, 0.15) is 11.3 Å². The van der Waals surface area contributed by atoms with Crippen molar-refractivity contribution in [1.29, 1.82) is 0 Å². The summed E-state index contributed by atoms with van der Waals surface area (Å²) in [5, 5.41) is 22.5. The molecule has 0 spiro atoms. The summed E-state index contributed by atoms with van der Waals surface area (Å²) in [6.45, 7) is 8.37. The van der Waals surface area contributed by atoms with Gasteiger partial charge in [-0.3, -0.25) is 20.2 Å². The van der Waals surface area contributed by atoms with Crippen LogP contribution in [0, 0.1) is 34.1 Å². The van der Waals surface area contributed by atoms with Gasteiger partial charge in [-0.05, 0) is 19.3 Å². The molecule has 20 heavy (non-hydrogen) atoms. The smallest absolute Gasteiger partial charge is 0.286 e. The number of hydrogen-bond donors (Lipinski definition) is 0. The summed E-state index contributed by atoms with van der Waals surface area (Å²) in [6, 6.07) is 0. The molecule has 7 heteroatoms. The number of nitro groups is 2. The molecule has 0 aliphatic rings. The average molecular weight is 282 g/mol. The minimum Gasteiger partial charge on any atom is -0.496 e. The van der Waals surface area contributed by atoms with Crippen molar-refractivity contribution in [3.05, 3.63) is 36.9 Å². The van der Waals surface area contributed by atoms with E-state index in [4.69, 9.17) is 4.74 Å². The Morgan fingerprint density at radius 1 is 0.950 bits per heavy atom. The van der Waals surface area contributed by atoms with Crippen LogP contribution in [0.3, 0.4) is 0 Å². The molecule has 0 fully saturated rings. The first-order valence-electron chi connectivity index (χ1n) is 6.04. The molecule has 0 atom stereocenters. The molecule has 1 rings (SSSR count). The lowest BCUT2D eigenvalue weighted by Crippen LogP contribution is -2.18. The first kappa shape index (κ1) is 15.9. The van der Waals surface area contributed by atoms with Crippen LogP contribution >= 0.6 is 0 Å². The Kier molecular flexibility index (Phi) is 4.02. The van der Waals surface area contributed by atoms with Crippen LogP contribution in [-0.2, 0) is 5.41 Å². The fourth-order valence-electron chi connectivity index (χ4n) is 2.44. The van der Waals surface area contributed by atoms with Gasteiger partial charge in [0.2, 0.25) is 0 Å². The van der Waals surface area contributed by atoms with Crippen molar-refractivity contribution in [3.63, 3.8) is 0 Å². The summed E-state index contributed by atoms with van der Waals surface area (Å²) in [5.74, 6) is 0.210. The Bertz CT molecular complexity index is 588. The van der Waals surface area contributed by atoms with Gasteiger partial charge in [0.25, 0.3) is 11.4 Å². The zero-order valence-corrected chi connectivity index (χ0v) is 12.4. The van der Waals surface area contributed by atoms with Gasteiger partial charge >= 0.3 is 0 Å². The van der Waals surface area contributed by atoms with Crippen LogP contribution in [0.25, 0.3) is 0 Å². The monoisotopic (exact) mass is 282 g/mol. The number of benzene rings is 1. The largest absolute Gasteiger partial charge is 0.496 e. The van der Waals surface area contributed by atoms with Gasteiger partial charge in [-0.15, -0.1) is 0 Å². The lowest BCUT2D eigenvalue weighted by atomic mass is 9.82. The summed E-state index contributed by atoms with van der Waals surface area (Å²) < 4.78 is 5.23. The summed E-state index contributed by atoms with van der Waals surface area (Å²) in [5.41, 5.74) is -0.328. The van der Waals surface area contributed by atoms with Gasteiger partial charge in [0.15, 0.2) is 0 Å². The fraction of sp³-hybridized carbons (Fsp3) is 0.538. The van der Waals surface area contributed by atoms with Crippen LogP contribution < -0.4 is 4.74 Å². The Hall–Kier alpha value is -2.18. The maximum absolute atomic E-state index is 11.4. The summed E-state index contributed by atoms with van der Waals surface area (Å²) >= 11 is 0. The maximum Gasteiger partial charge on any atom is 0.286 e. The highest BCUT2D eigenvalue weighted by molar-refractivity contribution is 5.70. The quantitative estimate of drug-likeness (QED) is 0.625. The van der Waals surface area contributed by atoms with Gasteiger partial charge in [-0.25, -0.2) is 0 Å². The molecule has 110 valence electrons. The van der Waals surface area contributed by atoms with E-state index < -0.39 is 15.3 Å². The van der Waals surface area contributed by atoms with Crippen molar-refractivity contribution < 1.29 is 14.6 Å². The molecule has 0 aliphatic carbocycles. The second-order valence-electron chi connectivity index (χ2n) is 5.62. The van der Waals surface area contributed by atoms with Crippen molar-refractivity contribution in [2.24, 2.45) is 0 Å². The molecule has 0 aromatic heterocycles. The molecule has 0 unspecified atom stereocenters. The Morgan fingerprint density at radius 3 is 1.70 bits per heavy atom. The molecule has 0 heterocycles. The van der Waals surface area contributed by atoms with Gasteiger partial charge in [-0.1, -0.05) is 20.8 Å². The van der Waals surface area contributed by atoms with E-state index in [1.807, 2.05) is 20.8 Å². The second kappa shape index (κ2) is 5.07. The van der Waals surface area contributed by atoms with E-state index in [-0.39, 0.29) is 22.7 Å². The van der Waals surface area contributed by atoms with Crippen LogP contribution in [0.5, 0.6) is 5.75 Å². The van der Waals surface area contributed by atoms with Crippen molar-refractivity contribution in [3.8, 4) is 5.75 Å². The van der Waals surface area contributed by atoms with Crippen LogP contribution in [0.4, 0.5) is 11.4 Å². The Balaban J connectivity index is 4.03. The number of ether oxygens (including phenoxy) is 1. The van der Waals surface area contributed by atoms with E-state index >= 15 is 0 Å². The molecule has 0 bridgehead atoms. The number of methoxy groups -OCH3 is 1. The molecule has 1 aromatic rings. The van der Waals surface area contributed by atoms with Gasteiger partial charge < -0.3 is 4.74 Å². The molecule has 1 aromatic carbocycles. The molecule has 0 aliphatic heterocycles. The average Bonchev–Trinajstić information content (AvgIpc) is 2.25. The number of nitrogens with zero attached hydrogens (tertiary/aromatic N) is 2. The highest BCUT2D eigenvalue weighted by Crippen LogP contribution is 2.47. The molecule has 0 N–H and O–H groups in total. The van der Waals surface area contributed by atoms with E-state index in [0.717, 1.165) is 0 Å². The molecule has 0 amide bonds. The normalized spacial score (nSPS) is 11.3. The molecular weight excluding hydrogens is 264 g/mol. The summed E-state index contributed by atoms with van der Waals surface area (Å²) in [7, 11) is 1.36. The zero-order valence-electron chi connectivity index (χ0n) is 12.4. The van der Waals surface area contributed by atoms with Gasteiger partial charge in [0.05, 0.1) is 28.1 Å². The van der Waals surface area contributed by atoms with E-state index in [1.165, 1.54) is 14.0 Å². The highest BCUT2D eigenvalue weighted by Gasteiger charge is 2.38. The highest BCUT2D eigenvalue weighted by atomic mass is 16.6. The predicted octanol–water partition coefficient (Wildman–Crippen LogP) is 3.43. The topological polar surface area (TPSA) is 95.5 Å². The third-order valence-corrected chi connectivity index (χ3v) is 3.19. The van der Waals surface area contributed by atoms with E-state index in [1.54, 1.807) is 6.92 Å². The van der Waals surface area contributed by atoms with Gasteiger partial charge in [-0.2, -0.15) is 0 Å². The van der Waals surface area contributed by atoms with Crippen LogP contribution in [0.2, 0.25) is 0 Å². The molecule has 0 saturated heterocycles. The Labute approximate surface area is 116 Å². The Morgan fingerprint density at radius 2 is 1.40 bits per heavy atom. The number of hydrogen-bond acceptors (Lipinski definition) is 5. The van der Waals surface area contributed by atoms with Crippen LogP contribution in [0.15, 0.2) is 0 Å². The first-order valence-corrected chi connectivity index (χ1v) is 6.04. The lowest BCUT2D eigenvalue weighted by molar-refractivity contribution is -0.396. The standard InChI is InChI=1S/C13H18N2O5/c1-7-10(14(16)17)8(2)12(20-6)9(13(3,4)5)11(7)15(18)19/h1-6H3. The second-order valence-corrected chi connectivity index (χ2v) is 5.62. The summed E-state index contributed by atoms with van der Waals surface area (Å²) in [6.07, 6.45) is 0. The predicted molar refractivity (Wildman–Crippen MR) is 74.5 cm³/mol.